The Kier molecular flexibility index (Phi) is 13.6. The lowest BCUT2D eigenvalue weighted by molar-refractivity contribution is -0.152. The van der Waals surface area contributed by atoms with Crippen molar-refractivity contribution in [3.05, 3.63) is 92.2 Å². The zero-order valence-corrected chi connectivity index (χ0v) is 31.3. The first kappa shape index (κ1) is 38.9. The van der Waals surface area contributed by atoms with Crippen molar-refractivity contribution < 1.29 is 28.6 Å². The number of fused-ring (bicyclic) bond motifs is 2. The summed E-state index contributed by atoms with van der Waals surface area (Å²) in [5.74, 6) is 4.42. The number of oxime groups is 1. The van der Waals surface area contributed by atoms with Crippen molar-refractivity contribution in [3.63, 3.8) is 0 Å². The highest BCUT2D eigenvalue weighted by molar-refractivity contribution is 6.36. The predicted octanol–water partition coefficient (Wildman–Crippen LogP) is 7.49. The number of rotatable bonds is 12. The largest absolute Gasteiger partial charge is 0.479 e. The summed E-state index contributed by atoms with van der Waals surface area (Å²) in [6.07, 6.45) is 8.72. The van der Waals surface area contributed by atoms with Gasteiger partial charge in [-0.05, 0) is 82.1 Å². The molecule has 1 aliphatic heterocycles. The second-order valence-corrected chi connectivity index (χ2v) is 12.9. The maximum atomic E-state index is 12.5. The van der Waals surface area contributed by atoms with Crippen molar-refractivity contribution in [3.8, 4) is 41.2 Å². The van der Waals surface area contributed by atoms with Gasteiger partial charge in [0.25, 0.3) is 0 Å². The number of halogens is 3. The zero-order valence-electron chi connectivity index (χ0n) is 29.1. The molecule has 5 aromatic rings. The lowest BCUT2D eigenvalue weighted by Crippen LogP contribution is -2.27. The molecule has 6 rings (SSSR count). The van der Waals surface area contributed by atoms with Gasteiger partial charge in [0.2, 0.25) is 5.88 Å². The standard InChI is InChI=1S/C22H22ClN3O5.C15H13Cl2N3O2/c1-14(2)26-29-11-10-28-22(27)15(3)30-17-5-7-18(8-6-17)31-21-13-24-20-12-16(23)4-9-19(20)25-21;1-2-7-22-13-9-12(10(16)8-11(13)17)20-15(21)19-6-4-3-5-14(19)18-20/h4-9,12-13,15H,10-11H2,1-3H3;1,8-9H,3-7H2/t15-;/m1./s1. The molecule has 0 spiro atoms. The monoisotopic (exact) mass is 780 g/mol. The number of nitrogens with zero attached hydrogens (tertiary/aromatic N) is 6. The van der Waals surface area contributed by atoms with Gasteiger partial charge in [-0.3, -0.25) is 4.57 Å². The van der Waals surface area contributed by atoms with Gasteiger partial charge in [-0.25, -0.2) is 19.6 Å². The molecule has 2 aromatic heterocycles. The number of ether oxygens (including phenoxy) is 4. The number of aromatic nitrogens is 5. The lowest BCUT2D eigenvalue weighted by atomic mass is 10.2. The summed E-state index contributed by atoms with van der Waals surface area (Å²) in [7, 11) is 0. The first-order chi connectivity index (χ1) is 25.5. The van der Waals surface area contributed by atoms with Crippen LogP contribution in [0.15, 0.2) is 70.7 Å². The number of benzene rings is 3. The van der Waals surface area contributed by atoms with Gasteiger partial charge >= 0.3 is 11.7 Å². The highest BCUT2D eigenvalue weighted by Crippen LogP contribution is 2.33. The van der Waals surface area contributed by atoms with Crippen LogP contribution in [0.25, 0.3) is 16.7 Å². The number of aryl methyl sites for hydroxylation is 1. The van der Waals surface area contributed by atoms with E-state index in [1.165, 1.54) is 16.9 Å². The van der Waals surface area contributed by atoms with Crippen molar-refractivity contribution in [2.24, 2.45) is 5.16 Å². The van der Waals surface area contributed by atoms with Crippen molar-refractivity contribution in [2.75, 3.05) is 19.8 Å². The first-order valence-electron chi connectivity index (χ1n) is 16.4. The molecular weight excluding hydrogens is 747 g/mol. The van der Waals surface area contributed by atoms with Crippen LogP contribution in [0.4, 0.5) is 0 Å². The number of esters is 1. The zero-order chi connectivity index (χ0) is 37.9. The number of carbonyl (C=O) groups is 1. The van der Waals surface area contributed by atoms with Crippen LogP contribution in [0.3, 0.4) is 0 Å². The van der Waals surface area contributed by atoms with Gasteiger partial charge in [-0.2, -0.15) is 4.68 Å². The van der Waals surface area contributed by atoms with Gasteiger partial charge in [0.15, 0.2) is 12.7 Å². The molecule has 0 aliphatic carbocycles. The Hall–Kier alpha value is -5.29. The molecule has 1 aliphatic rings. The third-order valence-corrected chi connectivity index (χ3v) is 8.18. The fourth-order valence-electron chi connectivity index (χ4n) is 4.91. The van der Waals surface area contributed by atoms with E-state index < -0.39 is 12.1 Å². The average Bonchev–Trinajstić information content (AvgIpc) is 3.47. The number of hydrogen-bond donors (Lipinski definition) is 0. The second kappa shape index (κ2) is 18.5. The average molecular weight is 782 g/mol. The third kappa shape index (κ3) is 10.6. The van der Waals surface area contributed by atoms with Crippen LogP contribution in [-0.4, -0.2) is 61.9 Å². The van der Waals surface area contributed by atoms with Crippen molar-refractivity contribution in [1.82, 2.24) is 24.3 Å². The summed E-state index contributed by atoms with van der Waals surface area (Å²) >= 11 is 18.2. The molecule has 0 N–H and O–H groups in total. The second-order valence-electron chi connectivity index (χ2n) is 11.7. The molecule has 0 saturated carbocycles. The topological polar surface area (TPSA) is 141 Å². The maximum absolute atomic E-state index is 12.5. The predicted molar refractivity (Wildman–Crippen MR) is 202 cm³/mol. The molecule has 0 saturated heterocycles. The van der Waals surface area contributed by atoms with E-state index in [0.717, 1.165) is 30.8 Å². The van der Waals surface area contributed by atoms with E-state index in [0.29, 0.717) is 61.5 Å². The molecule has 0 fully saturated rings. The quantitative estimate of drug-likeness (QED) is 0.0411. The van der Waals surface area contributed by atoms with Crippen LogP contribution in [0, 0.1) is 12.3 Å². The van der Waals surface area contributed by atoms with E-state index in [2.05, 4.69) is 26.1 Å². The van der Waals surface area contributed by atoms with Crippen LogP contribution in [0.1, 0.15) is 39.4 Å². The van der Waals surface area contributed by atoms with Gasteiger partial charge in [-0.15, -0.1) is 11.5 Å². The molecule has 3 heterocycles. The highest BCUT2D eigenvalue weighted by Gasteiger charge is 2.20. The van der Waals surface area contributed by atoms with E-state index in [1.54, 1.807) is 60.0 Å². The Balaban J connectivity index is 0.000000216. The minimum atomic E-state index is -0.777. The lowest BCUT2D eigenvalue weighted by Gasteiger charge is -2.14. The molecule has 0 bridgehead atoms. The summed E-state index contributed by atoms with van der Waals surface area (Å²) in [5.41, 5.74) is 2.38. The molecule has 16 heteroatoms. The molecule has 1 atom stereocenters. The summed E-state index contributed by atoms with van der Waals surface area (Å²) in [6, 6.07) is 15.2. The molecule has 13 nitrogen and oxygen atoms in total. The number of carbonyl (C=O) groups excluding carboxylic acids is 1. The molecular formula is C37H35Cl3N6O7. The summed E-state index contributed by atoms with van der Waals surface area (Å²) in [4.78, 5) is 38.1. The fraction of sp³-hybridized carbons (Fsp3) is 0.297. The van der Waals surface area contributed by atoms with Gasteiger partial charge in [0.1, 0.15) is 36.3 Å². The summed E-state index contributed by atoms with van der Waals surface area (Å²) < 4.78 is 24.8. The number of terminal acetylenes is 1. The van der Waals surface area contributed by atoms with E-state index in [1.807, 2.05) is 13.8 Å². The van der Waals surface area contributed by atoms with E-state index in [4.69, 9.17) is 65.0 Å². The van der Waals surface area contributed by atoms with Crippen LogP contribution in [0.5, 0.6) is 23.1 Å². The Morgan fingerprint density at radius 3 is 2.51 bits per heavy atom. The van der Waals surface area contributed by atoms with E-state index >= 15 is 0 Å². The van der Waals surface area contributed by atoms with Crippen LogP contribution in [-0.2, 0) is 27.3 Å². The van der Waals surface area contributed by atoms with E-state index in [-0.39, 0.29) is 25.5 Å². The minimum Gasteiger partial charge on any atom is -0.479 e. The number of hydrogen-bond acceptors (Lipinski definition) is 11. The van der Waals surface area contributed by atoms with Crippen LogP contribution >= 0.6 is 34.8 Å². The third-order valence-electron chi connectivity index (χ3n) is 7.35. The van der Waals surface area contributed by atoms with Gasteiger partial charge in [0.05, 0.1) is 38.7 Å². The molecule has 3 aromatic carbocycles. The van der Waals surface area contributed by atoms with E-state index in [9.17, 15) is 9.59 Å². The molecule has 53 heavy (non-hydrogen) atoms. The van der Waals surface area contributed by atoms with Crippen molar-refractivity contribution in [1.29, 1.82) is 0 Å². The maximum Gasteiger partial charge on any atom is 0.350 e. The molecule has 0 amide bonds. The summed E-state index contributed by atoms with van der Waals surface area (Å²) in [6.45, 7) is 6.26. The van der Waals surface area contributed by atoms with Crippen molar-refractivity contribution >= 4 is 57.5 Å². The SMILES string of the molecule is C#CCOc1cc(-n2nc3n(c2=O)CCCC3)c(Cl)cc1Cl.CC(C)=NOCCOC(=O)[C@@H](C)Oc1ccc(Oc2cnc3cc(Cl)ccc3n2)cc1. The molecule has 0 radical (unpaired) electrons. The normalized spacial score (nSPS) is 12.3. The van der Waals surface area contributed by atoms with Gasteiger partial charge in [-0.1, -0.05) is 45.9 Å². The minimum absolute atomic E-state index is 0.0788. The fourth-order valence-corrected chi connectivity index (χ4v) is 5.60. The smallest absolute Gasteiger partial charge is 0.350 e. The van der Waals surface area contributed by atoms with Gasteiger partial charge in [0, 0.05) is 24.1 Å². The summed E-state index contributed by atoms with van der Waals surface area (Å²) in [5, 5.41) is 9.39. The molecule has 276 valence electrons. The Labute approximate surface area is 320 Å². The highest BCUT2D eigenvalue weighted by atomic mass is 35.5. The Bertz CT molecular complexity index is 2190. The van der Waals surface area contributed by atoms with Gasteiger partial charge < -0.3 is 23.8 Å². The Morgan fingerprint density at radius 1 is 1.00 bits per heavy atom. The van der Waals surface area contributed by atoms with Crippen LogP contribution < -0.4 is 19.9 Å². The van der Waals surface area contributed by atoms with Crippen molar-refractivity contribution in [2.45, 2.75) is 52.7 Å². The van der Waals surface area contributed by atoms with Crippen LogP contribution in [0.2, 0.25) is 15.1 Å². The molecule has 0 unspecified atom stereocenters. The first-order valence-corrected chi connectivity index (χ1v) is 17.6. The Morgan fingerprint density at radius 2 is 1.77 bits per heavy atom.